The predicted octanol–water partition coefficient (Wildman–Crippen LogP) is 7.12. The molecular formula is C28H20ClN3O8. The second-order valence-corrected chi connectivity index (χ2v) is 8.37. The molecule has 0 spiro atoms. The third-order valence-corrected chi connectivity index (χ3v) is 5.71. The van der Waals surface area contributed by atoms with Gasteiger partial charge in [0.25, 0.3) is 5.69 Å². The van der Waals surface area contributed by atoms with Crippen LogP contribution < -0.4 is 18.9 Å². The molecule has 0 saturated heterocycles. The Morgan fingerprint density at radius 1 is 0.700 bits per heavy atom. The first-order valence-corrected chi connectivity index (χ1v) is 11.9. The van der Waals surface area contributed by atoms with Gasteiger partial charge in [0, 0.05) is 18.2 Å². The van der Waals surface area contributed by atoms with Crippen LogP contribution in [0.15, 0.2) is 95.2 Å². The Hall–Kier alpha value is -5.29. The van der Waals surface area contributed by atoms with Crippen molar-refractivity contribution in [1.29, 1.82) is 0 Å². The van der Waals surface area contributed by atoms with Gasteiger partial charge in [-0.25, -0.2) is 9.59 Å². The monoisotopic (exact) mass is 561 g/mol. The van der Waals surface area contributed by atoms with Crippen LogP contribution in [0.1, 0.15) is 20.7 Å². The van der Waals surface area contributed by atoms with Gasteiger partial charge < -0.3 is 18.9 Å². The SMILES string of the molecule is COc1ccc(C(=O)Oc2ccc(N=Nc3ccc([N+](=O)[O-])cc3Cl)c(OC(=O)c3ccc(OC)cc3)c2)cc1. The van der Waals surface area contributed by atoms with Crippen LogP contribution in [0.4, 0.5) is 17.1 Å². The van der Waals surface area contributed by atoms with Crippen LogP contribution in [0.25, 0.3) is 0 Å². The largest absolute Gasteiger partial charge is 0.497 e. The van der Waals surface area contributed by atoms with Gasteiger partial charge >= 0.3 is 11.9 Å². The number of rotatable bonds is 9. The first-order chi connectivity index (χ1) is 19.3. The van der Waals surface area contributed by atoms with Gasteiger partial charge in [-0.2, -0.15) is 0 Å². The molecule has 0 atom stereocenters. The summed E-state index contributed by atoms with van der Waals surface area (Å²) in [6, 6.07) is 20.4. The van der Waals surface area contributed by atoms with Gasteiger partial charge in [-0.05, 0) is 66.7 Å². The first kappa shape index (κ1) is 27.7. The summed E-state index contributed by atoms with van der Waals surface area (Å²) >= 11 is 6.11. The number of azo groups is 1. The molecule has 202 valence electrons. The van der Waals surface area contributed by atoms with Gasteiger partial charge in [0.05, 0.1) is 35.3 Å². The lowest BCUT2D eigenvalue weighted by atomic mass is 10.2. The number of benzene rings is 4. The van der Waals surface area contributed by atoms with E-state index in [0.717, 1.165) is 6.07 Å². The maximum Gasteiger partial charge on any atom is 0.343 e. The van der Waals surface area contributed by atoms with Gasteiger partial charge in [-0.1, -0.05) is 11.6 Å². The molecule has 0 heterocycles. The predicted molar refractivity (Wildman–Crippen MR) is 145 cm³/mol. The van der Waals surface area contributed by atoms with Gasteiger partial charge in [0.2, 0.25) is 0 Å². The number of hydrogen-bond acceptors (Lipinski definition) is 10. The molecule has 0 amide bonds. The lowest BCUT2D eigenvalue weighted by Crippen LogP contribution is -2.10. The van der Waals surface area contributed by atoms with Crippen LogP contribution in [0.2, 0.25) is 5.02 Å². The summed E-state index contributed by atoms with van der Waals surface area (Å²) in [6.07, 6.45) is 0. The van der Waals surface area contributed by atoms with Crippen molar-refractivity contribution in [3.8, 4) is 23.0 Å². The van der Waals surface area contributed by atoms with E-state index in [9.17, 15) is 19.7 Å². The Morgan fingerprint density at radius 3 is 1.73 bits per heavy atom. The minimum absolute atomic E-state index is 0.000214. The average molecular weight is 562 g/mol. The fourth-order valence-electron chi connectivity index (χ4n) is 3.30. The molecule has 0 aliphatic carbocycles. The standard InChI is InChI=1S/C28H20ClN3O8/c1-37-20-8-3-17(4-9-20)27(33)39-22-12-14-25(31-30-24-13-7-19(32(35)36)15-23(24)29)26(16-22)40-28(34)18-5-10-21(38-2)11-6-18/h3-16H,1-2H3. The van der Waals surface area contributed by atoms with E-state index >= 15 is 0 Å². The van der Waals surface area contributed by atoms with Crippen molar-refractivity contribution in [3.05, 3.63) is 111 Å². The zero-order chi connectivity index (χ0) is 28.6. The molecule has 11 nitrogen and oxygen atoms in total. The van der Waals surface area contributed by atoms with Crippen molar-refractivity contribution >= 4 is 40.6 Å². The Morgan fingerprint density at radius 2 is 1.20 bits per heavy atom. The molecule has 40 heavy (non-hydrogen) atoms. The topological polar surface area (TPSA) is 139 Å². The highest BCUT2D eigenvalue weighted by molar-refractivity contribution is 6.33. The van der Waals surface area contributed by atoms with E-state index in [1.807, 2.05) is 0 Å². The van der Waals surface area contributed by atoms with Gasteiger partial charge in [-0.15, -0.1) is 10.2 Å². The number of hydrogen-bond donors (Lipinski definition) is 0. The summed E-state index contributed by atoms with van der Waals surface area (Å²) in [5, 5.41) is 19.1. The zero-order valence-electron chi connectivity index (χ0n) is 21.1. The Labute approximate surface area is 232 Å². The second-order valence-electron chi connectivity index (χ2n) is 7.96. The van der Waals surface area contributed by atoms with Crippen LogP contribution in [0.3, 0.4) is 0 Å². The van der Waals surface area contributed by atoms with E-state index in [1.54, 1.807) is 36.4 Å². The van der Waals surface area contributed by atoms with Crippen molar-refractivity contribution < 1.29 is 33.5 Å². The van der Waals surface area contributed by atoms with Crippen molar-refractivity contribution in [2.24, 2.45) is 10.2 Å². The van der Waals surface area contributed by atoms with Crippen LogP contribution in [-0.2, 0) is 0 Å². The van der Waals surface area contributed by atoms with Gasteiger partial charge in [-0.3, -0.25) is 10.1 Å². The minimum Gasteiger partial charge on any atom is -0.497 e. The Kier molecular flexibility index (Phi) is 8.67. The zero-order valence-corrected chi connectivity index (χ0v) is 21.8. The highest BCUT2D eigenvalue weighted by atomic mass is 35.5. The van der Waals surface area contributed by atoms with Crippen molar-refractivity contribution in [3.63, 3.8) is 0 Å². The van der Waals surface area contributed by atoms with Gasteiger partial charge in [0.1, 0.15) is 28.6 Å². The average Bonchev–Trinajstić information content (AvgIpc) is 2.97. The van der Waals surface area contributed by atoms with E-state index in [2.05, 4.69) is 10.2 Å². The Balaban J connectivity index is 1.63. The molecule has 0 aromatic heterocycles. The van der Waals surface area contributed by atoms with Gasteiger partial charge in [0.15, 0.2) is 5.75 Å². The summed E-state index contributed by atoms with van der Waals surface area (Å²) in [4.78, 5) is 35.9. The molecule has 0 radical (unpaired) electrons. The summed E-state index contributed by atoms with van der Waals surface area (Å²) < 4.78 is 21.2. The molecule has 0 unspecified atom stereocenters. The number of non-ortho nitro benzene ring substituents is 1. The third kappa shape index (κ3) is 6.77. The molecule has 0 bridgehead atoms. The summed E-state index contributed by atoms with van der Waals surface area (Å²) in [6.45, 7) is 0. The van der Waals surface area contributed by atoms with Crippen molar-refractivity contribution in [2.45, 2.75) is 0 Å². The van der Waals surface area contributed by atoms with E-state index in [4.69, 9.17) is 30.5 Å². The molecule has 4 aromatic carbocycles. The number of methoxy groups -OCH3 is 2. The number of nitro benzene ring substituents is 1. The first-order valence-electron chi connectivity index (χ1n) is 11.5. The van der Waals surface area contributed by atoms with E-state index in [-0.39, 0.29) is 44.7 Å². The highest BCUT2D eigenvalue weighted by Gasteiger charge is 2.16. The smallest absolute Gasteiger partial charge is 0.343 e. The number of nitro groups is 1. The molecule has 4 aromatic rings. The van der Waals surface area contributed by atoms with Crippen molar-refractivity contribution in [1.82, 2.24) is 0 Å². The molecule has 12 heteroatoms. The summed E-state index contributed by atoms with van der Waals surface area (Å²) in [5.74, 6) is -0.230. The quantitative estimate of drug-likeness (QED) is 0.0691. The fourth-order valence-corrected chi connectivity index (χ4v) is 3.51. The second kappa shape index (κ2) is 12.5. The molecule has 0 saturated carbocycles. The van der Waals surface area contributed by atoms with E-state index < -0.39 is 16.9 Å². The fraction of sp³-hybridized carbons (Fsp3) is 0.0714. The Bertz CT molecular complexity index is 1590. The number of ether oxygens (including phenoxy) is 4. The maximum absolute atomic E-state index is 12.9. The normalized spacial score (nSPS) is 10.7. The van der Waals surface area contributed by atoms with E-state index in [0.29, 0.717) is 11.5 Å². The number of carbonyl (C=O) groups excluding carboxylic acids is 2. The maximum atomic E-state index is 12.9. The van der Waals surface area contributed by atoms with Crippen molar-refractivity contribution in [2.75, 3.05) is 14.2 Å². The number of carbonyl (C=O) groups is 2. The van der Waals surface area contributed by atoms with Crippen LogP contribution in [-0.4, -0.2) is 31.1 Å². The van der Waals surface area contributed by atoms with Crippen LogP contribution >= 0.6 is 11.6 Å². The molecule has 0 aliphatic heterocycles. The van der Waals surface area contributed by atoms with E-state index in [1.165, 1.54) is 56.7 Å². The van der Waals surface area contributed by atoms with Crippen LogP contribution in [0.5, 0.6) is 23.0 Å². The lowest BCUT2D eigenvalue weighted by Gasteiger charge is -2.10. The number of esters is 2. The number of halogens is 1. The molecule has 0 aliphatic rings. The molecule has 0 fully saturated rings. The van der Waals surface area contributed by atoms with Crippen LogP contribution in [0, 0.1) is 10.1 Å². The lowest BCUT2D eigenvalue weighted by molar-refractivity contribution is -0.384. The summed E-state index contributed by atoms with van der Waals surface area (Å²) in [5.41, 5.74) is 0.535. The number of nitrogens with zero attached hydrogens (tertiary/aromatic N) is 3. The third-order valence-electron chi connectivity index (χ3n) is 5.40. The minimum atomic E-state index is -0.717. The molecular weight excluding hydrogens is 542 g/mol. The molecule has 4 rings (SSSR count). The molecule has 0 N–H and O–H groups in total. The highest BCUT2D eigenvalue weighted by Crippen LogP contribution is 2.36. The summed E-state index contributed by atoms with van der Waals surface area (Å²) in [7, 11) is 3.01.